The summed E-state index contributed by atoms with van der Waals surface area (Å²) < 4.78 is 47.0. The van der Waals surface area contributed by atoms with E-state index in [0.29, 0.717) is 24.3 Å². The van der Waals surface area contributed by atoms with Crippen LogP contribution in [0.1, 0.15) is 49.6 Å². The van der Waals surface area contributed by atoms with Gasteiger partial charge in [-0.05, 0) is 25.0 Å². The van der Waals surface area contributed by atoms with E-state index in [2.05, 4.69) is 15.5 Å². The average Bonchev–Trinajstić information content (AvgIpc) is 3.59. The highest BCUT2D eigenvalue weighted by atomic mass is 35.5. The molecule has 2 aromatic heterocycles. The molecular formula is C25H29ClF2N4O6. The SMILES string of the molecule is CO[C@@H]1[C@@H](n2cc(-c3ccc(Cl)c(F)c3F)nn2)[C@@H](O)[C@@H](CO)O[C@@H]1Cc1cc(C2(O)CCCCC2)on1. The van der Waals surface area contributed by atoms with Crippen LogP contribution in [0.4, 0.5) is 8.78 Å². The second-order valence-electron chi connectivity index (χ2n) is 9.86. The van der Waals surface area contributed by atoms with Crippen molar-refractivity contribution in [2.75, 3.05) is 13.7 Å². The number of methoxy groups -OCH3 is 1. The lowest BCUT2D eigenvalue weighted by atomic mass is 9.83. The van der Waals surface area contributed by atoms with Crippen molar-refractivity contribution in [3.8, 4) is 11.3 Å². The molecule has 10 nitrogen and oxygen atoms in total. The maximum absolute atomic E-state index is 14.5. The van der Waals surface area contributed by atoms with Crippen molar-refractivity contribution in [2.45, 2.75) is 74.6 Å². The van der Waals surface area contributed by atoms with Gasteiger partial charge in [-0.1, -0.05) is 41.2 Å². The van der Waals surface area contributed by atoms with Crippen LogP contribution in [0.3, 0.4) is 0 Å². The van der Waals surface area contributed by atoms with E-state index in [-0.39, 0.29) is 22.7 Å². The van der Waals surface area contributed by atoms with Gasteiger partial charge in [0.2, 0.25) is 0 Å². The highest BCUT2D eigenvalue weighted by Crippen LogP contribution is 2.38. The predicted octanol–water partition coefficient (Wildman–Crippen LogP) is 2.94. The maximum Gasteiger partial charge on any atom is 0.178 e. The van der Waals surface area contributed by atoms with Gasteiger partial charge >= 0.3 is 0 Å². The number of benzene rings is 1. The molecule has 1 saturated heterocycles. The minimum Gasteiger partial charge on any atom is -0.394 e. The normalized spacial score (nSPS) is 27.5. The van der Waals surface area contributed by atoms with E-state index in [4.69, 9.17) is 25.6 Å². The van der Waals surface area contributed by atoms with Crippen molar-refractivity contribution in [1.82, 2.24) is 20.2 Å². The Labute approximate surface area is 222 Å². The molecule has 13 heteroatoms. The molecule has 1 saturated carbocycles. The summed E-state index contributed by atoms with van der Waals surface area (Å²) in [5, 5.41) is 43.7. The zero-order chi connectivity index (χ0) is 27.0. The Morgan fingerprint density at radius 3 is 2.66 bits per heavy atom. The Bertz CT molecular complexity index is 1270. The van der Waals surface area contributed by atoms with Crippen LogP contribution < -0.4 is 0 Å². The van der Waals surface area contributed by atoms with Gasteiger partial charge in [-0.2, -0.15) is 0 Å². The van der Waals surface area contributed by atoms with Crippen molar-refractivity contribution < 1.29 is 38.1 Å². The molecule has 1 aromatic carbocycles. The number of aliphatic hydroxyl groups excluding tert-OH is 2. The van der Waals surface area contributed by atoms with Crippen molar-refractivity contribution in [3.63, 3.8) is 0 Å². The molecule has 1 aliphatic heterocycles. The maximum atomic E-state index is 14.5. The molecule has 0 amide bonds. The quantitative estimate of drug-likeness (QED) is 0.377. The lowest BCUT2D eigenvalue weighted by molar-refractivity contribution is -0.212. The fourth-order valence-corrected chi connectivity index (χ4v) is 5.56. The molecule has 0 spiro atoms. The van der Waals surface area contributed by atoms with Crippen molar-refractivity contribution >= 4 is 11.6 Å². The number of nitrogens with zero attached hydrogens (tertiary/aromatic N) is 4. The molecule has 0 radical (unpaired) electrons. The number of ether oxygens (including phenoxy) is 2. The lowest BCUT2D eigenvalue weighted by Crippen LogP contribution is -2.57. The number of hydrogen-bond acceptors (Lipinski definition) is 9. The summed E-state index contributed by atoms with van der Waals surface area (Å²) in [5.74, 6) is -1.98. The Morgan fingerprint density at radius 2 is 1.95 bits per heavy atom. The zero-order valence-corrected chi connectivity index (χ0v) is 21.4. The third-order valence-electron chi connectivity index (χ3n) is 7.47. The first-order valence-corrected chi connectivity index (χ1v) is 12.8. The summed E-state index contributed by atoms with van der Waals surface area (Å²) in [5.41, 5.74) is -0.682. The molecule has 2 aliphatic rings. The Morgan fingerprint density at radius 1 is 1.18 bits per heavy atom. The second-order valence-corrected chi connectivity index (χ2v) is 10.3. The number of halogens is 3. The van der Waals surface area contributed by atoms with Gasteiger partial charge in [0.1, 0.15) is 35.6 Å². The first-order valence-electron chi connectivity index (χ1n) is 12.5. The summed E-state index contributed by atoms with van der Waals surface area (Å²) in [6, 6.07) is 3.29. The molecule has 38 heavy (non-hydrogen) atoms. The summed E-state index contributed by atoms with van der Waals surface area (Å²) in [4.78, 5) is 0. The number of hydrogen-bond donors (Lipinski definition) is 3. The van der Waals surface area contributed by atoms with Crippen LogP contribution in [0.2, 0.25) is 5.02 Å². The average molecular weight is 555 g/mol. The van der Waals surface area contributed by atoms with Gasteiger partial charge in [0.15, 0.2) is 17.4 Å². The summed E-state index contributed by atoms with van der Waals surface area (Å²) >= 11 is 5.66. The second kappa shape index (κ2) is 10.9. The largest absolute Gasteiger partial charge is 0.394 e. The third-order valence-corrected chi connectivity index (χ3v) is 7.76. The monoisotopic (exact) mass is 554 g/mol. The smallest absolute Gasteiger partial charge is 0.178 e. The van der Waals surface area contributed by atoms with Crippen molar-refractivity contribution in [3.05, 3.63) is 52.5 Å². The highest BCUT2D eigenvalue weighted by molar-refractivity contribution is 6.30. The fraction of sp³-hybridized carbons (Fsp3) is 0.560. The molecule has 5 rings (SSSR count). The number of rotatable bonds is 7. The molecule has 1 aliphatic carbocycles. The van der Waals surface area contributed by atoms with Crippen molar-refractivity contribution in [1.29, 1.82) is 0 Å². The molecule has 0 unspecified atom stereocenters. The van der Waals surface area contributed by atoms with Gasteiger partial charge in [-0.25, -0.2) is 13.5 Å². The number of aliphatic hydroxyl groups is 3. The summed E-state index contributed by atoms with van der Waals surface area (Å²) in [7, 11) is 1.44. The van der Waals surface area contributed by atoms with E-state index in [1.807, 2.05) is 0 Å². The van der Waals surface area contributed by atoms with Crippen LogP contribution in [0, 0.1) is 11.6 Å². The molecular weight excluding hydrogens is 526 g/mol. The molecule has 3 heterocycles. The molecule has 206 valence electrons. The topological polar surface area (TPSA) is 136 Å². The van der Waals surface area contributed by atoms with E-state index in [9.17, 15) is 24.1 Å². The van der Waals surface area contributed by atoms with Crippen LogP contribution in [0.15, 0.2) is 28.9 Å². The summed E-state index contributed by atoms with van der Waals surface area (Å²) in [6.45, 7) is -0.493. The van der Waals surface area contributed by atoms with Crippen LogP contribution in [-0.2, 0) is 21.5 Å². The zero-order valence-electron chi connectivity index (χ0n) is 20.6. The van der Waals surface area contributed by atoms with Crippen LogP contribution in [-0.4, -0.2) is 73.6 Å². The van der Waals surface area contributed by atoms with Gasteiger partial charge < -0.3 is 29.3 Å². The minimum absolute atomic E-state index is 0.0191. The minimum atomic E-state index is -1.27. The van der Waals surface area contributed by atoms with E-state index in [1.54, 1.807) is 6.07 Å². The van der Waals surface area contributed by atoms with E-state index >= 15 is 0 Å². The first kappa shape index (κ1) is 27.1. The Hall–Kier alpha value is -2.48. The van der Waals surface area contributed by atoms with E-state index < -0.39 is 54.3 Å². The molecule has 5 atom stereocenters. The lowest BCUT2D eigenvalue weighted by Gasteiger charge is -2.43. The van der Waals surface area contributed by atoms with Crippen LogP contribution in [0.25, 0.3) is 11.3 Å². The van der Waals surface area contributed by atoms with Crippen LogP contribution in [0.5, 0.6) is 0 Å². The number of aromatic nitrogens is 4. The Kier molecular flexibility index (Phi) is 7.81. The first-order chi connectivity index (χ1) is 18.3. The van der Waals surface area contributed by atoms with Gasteiger partial charge in [-0.15, -0.1) is 5.10 Å². The predicted molar refractivity (Wildman–Crippen MR) is 129 cm³/mol. The van der Waals surface area contributed by atoms with Gasteiger partial charge in [0.05, 0.1) is 29.6 Å². The fourth-order valence-electron chi connectivity index (χ4n) is 5.42. The summed E-state index contributed by atoms with van der Waals surface area (Å²) in [6.07, 6.45) is 1.82. The van der Waals surface area contributed by atoms with Gasteiger partial charge in [0, 0.05) is 25.2 Å². The van der Waals surface area contributed by atoms with Crippen LogP contribution >= 0.6 is 11.6 Å². The molecule has 3 N–H and O–H groups in total. The Balaban J connectivity index is 1.42. The van der Waals surface area contributed by atoms with E-state index in [0.717, 1.165) is 19.3 Å². The highest BCUT2D eigenvalue weighted by Gasteiger charge is 2.47. The van der Waals surface area contributed by atoms with E-state index in [1.165, 1.54) is 30.1 Å². The standard InChI is InChI=1S/C25H29ClF2N4O6/c1-36-24-17(9-13-10-19(38-30-13)25(35)7-3-2-4-8-25)37-18(12-33)23(34)22(24)32-11-16(29-31-32)14-5-6-15(26)21(28)20(14)27/h5-6,10-11,17-18,22-24,33-35H,2-4,7-9,12H2,1H3/t17-,18-,22+,23+,24+/m1/s1. The molecule has 2 fully saturated rings. The molecule has 0 bridgehead atoms. The van der Waals surface area contributed by atoms with Gasteiger partial charge in [-0.3, -0.25) is 0 Å². The third kappa shape index (κ3) is 4.96. The molecule has 3 aromatic rings. The van der Waals surface area contributed by atoms with Gasteiger partial charge in [0.25, 0.3) is 0 Å². The van der Waals surface area contributed by atoms with Crippen molar-refractivity contribution in [2.24, 2.45) is 0 Å².